The third-order valence-corrected chi connectivity index (χ3v) is 6.14. The molecule has 1 atom stereocenters. The van der Waals surface area contributed by atoms with Gasteiger partial charge >= 0.3 is 0 Å². The molecule has 0 heterocycles. The third kappa shape index (κ3) is 5.76. The zero-order chi connectivity index (χ0) is 23.0. The van der Waals surface area contributed by atoms with Gasteiger partial charge in [0.25, 0.3) is 5.91 Å². The number of carbonyl (C=O) groups is 1. The molecule has 0 bridgehead atoms. The van der Waals surface area contributed by atoms with Crippen molar-refractivity contribution in [2.45, 2.75) is 17.9 Å². The Morgan fingerprint density at radius 1 is 0.969 bits per heavy atom. The monoisotopic (exact) mass is 448 g/mol. The number of rotatable bonds is 9. The van der Waals surface area contributed by atoms with Crippen molar-refractivity contribution in [1.82, 2.24) is 10.0 Å². The van der Waals surface area contributed by atoms with E-state index in [4.69, 9.17) is 11.2 Å². The molecule has 0 aliphatic heterocycles. The number of sulfonamides is 1. The van der Waals surface area contributed by atoms with E-state index in [0.717, 1.165) is 16.9 Å². The fourth-order valence-corrected chi connectivity index (χ4v) is 4.08. The Balaban J connectivity index is 1.83. The summed E-state index contributed by atoms with van der Waals surface area (Å²) in [6, 6.07) is 22.5. The van der Waals surface area contributed by atoms with Crippen LogP contribution < -0.4 is 14.8 Å². The average molecular weight is 449 g/mol. The molecule has 0 saturated carbocycles. The molecule has 164 valence electrons. The van der Waals surface area contributed by atoms with Crippen LogP contribution in [-0.2, 0) is 10.0 Å². The SMILES string of the molecule is C#CCNS(=O)(=O)c1ccc(C(=O)NC(c2ccccc2)c2ccc(OCC)cc2)cc1. The maximum atomic E-state index is 13.0. The standard InChI is InChI=1S/C25H24N2O4S/c1-3-18-26-32(29,30)23-16-12-21(13-17-23)25(28)27-24(19-8-6-5-7-9-19)20-10-14-22(15-11-20)31-4-2/h1,5-17,24,26H,4,18H2,2H3,(H,27,28). The first-order chi connectivity index (χ1) is 15.4. The van der Waals surface area contributed by atoms with Crippen LogP contribution in [0.1, 0.15) is 34.5 Å². The Labute approximate surface area is 188 Å². The minimum atomic E-state index is -3.72. The summed E-state index contributed by atoms with van der Waals surface area (Å²) < 4.78 is 32.1. The van der Waals surface area contributed by atoms with E-state index in [-0.39, 0.29) is 23.4 Å². The summed E-state index contributed by atoms with van der Waals surface area (Å²) in [5, 5.41) is 3.04. The van der Waals surface area contributed by atoms with E-state index < -0.39 is 10.0 Å². The highest BCUT2D eigenvalue weighted by molar-refractivity contribution is 7.89. The molecule has 0 fully saturated rings. The fraction of sp³-hybridized carbons (Fsp3) is 0.160. The first-order valence-corrected chi connectivity index (χ1v) is 11.5. The second kappa shape index (κ2) is 10.6. The van der Waals surface area contributed by atoms with Gasteiger partial charge in [0.15, 0.2) is 0 Å². The highest BCUT2D eigenvalue weighted by Gasteiger charge is 2.19. The summed E-state index contributed by atoms with van der Waals surface area (Å²) in [6.45, 7) is 2.39. The largest absolute Gasteiger partial charge is 0.494 e. The van der Waals surface area contributed by atoms with Gasteiger partial charge in [-0.1, -0.05) is 48.4 Å². The molecule has 6 nitrogen and oxygen atoms in total. The molecule has 0 saturated heterocycles. The molecule has 1 amide bonds. The minimum absolute atomic E-state index is 0.0374. The van der Waals surface area contributed by atoms with Crippen molar-refractivity contribution in [2.75, 3.05) is 13.2 Å². The van der Waals surface area contributed by atoms with Gasteiger partial charge in [0.05, 0.1) is 24.1 Å². The second-order valence-corrected chi connectivity index (χ2v) is 8.64. The minimum Gasteiger partial charge on any atom is -0.494 e. The van der Waals surface area contributed by atoms with Gasteiger partial charge in [-0.3, -0.25) is 4.79 Å². The van der Waals surface area contributed by atoms with Gasteiger partial charge in [-0.2, -0.15) is 4.72 Å². The smallest absolute Gasteiger partial charge is 0.252 e. The van der Waals surface area contributed by atoms with Crippen molar-refractivity contribution in [1.29, 1.82) is 0 Å². The molecule has 0 aliphatic rings. The van der Waals surface area contributed by atoms with Crippen LogP contribution in [0.4, 0.5) is 0 Å². The number of nitrogens with one attached hydrogen (secondary N) is 2. The zero-order valence-corrected chi connectivity index (χ0v) is 18.4. The lowest BCUT2D eigenvalue weighted by atomic mass is 9.98. The molecule has 3 aromatic carbocycles. The van der Waals surface area contributed by atoms with Gasteiger partial charge in [0, 0.05) is 5.56 Å². The van der Waals surface area contributed by atoms with E-state index in [1.54, 1.807) is 0 Å². The van der Waals surface area contributed by atoms with Crippen LogP contribution >= 0.6 is 0 Å². The summed E-state index contributed by atoms with van der Waals surface area (Å²) in [5.74, 6) is 2.65. The molecule has 0 spiro atoms. The highest BCUT2D eigenvalue weighted by Crippen LogP contribution is 2.25. The maximum absolute atomic E-state index is 13.0. The Kier molecular flexibility index (Phi) is 7.66. The van der Waals surface area contributed by atoms with Crippen molar-refractivity contribution < 1.29 is 17.9 Å². The van der Waals surface area contributed by atoms with E-state index in [0.29, 0.717) is 12.2 Å². The van der Waals surface area contributed by atoms with E-state index >= 15 is 0 Å². The average Bonchev–Trinajstić information content (AvgIpc) is 2.82. The van der Waals surface area contributed by atoms with Gasteiger partial charge in [-0.25, -0.2) is 8.42 Å². The fourth-order valence-electron chi connectivity index (χ4n) is 3.15. The summed E-state index contributed by atoms with van der Waals surface area (Å²) in [7, 11) is -3.72. The predicted molar refractivity (Wildman–Crippen MR) is 124 cm³/mol. The maximum Gasteiger partial charge on any atom is 0.252 e. The van der Waals surface area contributed by atoms with Gasteiger partial charge in [-0.15, -0.1) is 6.42 Å². The van der Waals surface area contributed by atoms with Crippen LogP contribution in [0.25, 0.3) is 0 Å². The number of hydrogen-bond acceptors (Lipinski definition) is 4. The number of amides is 1. The van der Waals surface area contributed by atoms with Crippen LogP contribution in [0, 0.1) is 12.3 Å². The summed E-state index contributed by atoms with van der Waals surface area (Å²) in [5.41, 5.74) is 2.15. The van der Waals surface area contributed by atoms with Gasteiger partial charge in [-0.05, 0) is 54.4 Å². The Bertz CT molecular complexity index is 1180. The van der Waals surface area contributed by atoms with E-state index in [1.165, 1.54) is 24.3 Å². The lowest BCUT2D eigenvalue weighted by Crippen LogP contribution is -2.29. The van der Waals surface area contributed by atoms with Crippen LogP contribution in [0.15, 0.2) is 83.8 Å². The molecule has 0 radical (unpaired) electrons. The molecule has 32 heavy (non-hydrogen) atoms. The third-order valence-electron chi connectivity index (χ3n) is 4.72. The number of hydrogen-bond donors (Lipinski definition) is 2. The molecule has 0 aromatic heterocycles. The highest BCUT2D eigenvalue weighted by atomic mass is 32.2. The van der Waals surface area contributed by atoms with Gasteiger partial charge in [0.1, 0.15) is 5.75 Å². The van der Waals surface area contributed by atoms with Crippen molar-refractivity contribution in [3.63, 3.8) is 0 Å². The van der Waals surface area contributed by atoms with Crippen molar-refractivity contribution in [3.05, 3.63) is 95.6 Å². The van der Waals surface area contributed by atoms with Crippen LogP contribution in [0.3, 0.4) is 0 Å². The first kappa shape index (κ1) is 23.1. The molecule has 1 unspecified atom stereocenters. The number of carbonyl (C=O) groups excluding carboxylic acids is 1. The summed E-state index contributed by atoms with van der Waals surface area (Å²) in [4.78, 5) is 13.0. The van der Waals surface area contributed by atoms with Crippen molar-refractivity contribution in [3.8, 4) is 18.1 Å². The van der Waals surface area contributed by atoms with Crippen LogP contribution in [0.5, 0.6) is 5.75 Å². The lowest BCUT2D eigenvalue weighted by Gasteiger charge is -2.20. The molecule has 7 heteroatoms. The number of terminal acetylenes is 1. The van der Waals surface area contributed by atoms with E-state index in [2.05, 4.69) is 16.0 Å². The topological polar surface area (TPSA) is 84.5 Å². The summed E-state index contributed by atoms with van der Waals surface area (Å²) in [6.07, 6.45) is 5.11. The summed E-state index contributed by atoms with van der Waals surface area (Å²) >= 11 is 0. The lowest BCUT2D eigenvalue weighted by molar-refractivity contribution is 0.0943. The molecular weight excluding hydrogens is 424 g/mol. The van der Waals surface area contributed by atoms with Gasteiger partial charge in [0.2, 0.25) is 10.0 Å². The number of benzene rings is 3. The first-order valence-electron chi connectivity index (χ1n) is 10.1. The van der Waals surface area contributed by atoms with Crippen molar-refractivity contribution >= 4 is 15.9 Å². The van der Waals surface area contributed by atoms with Crippen LogP contribution in [0.2, 0.25) is 0 Å². The number of ether oxygens (including phenoxy) is 1. The van der Waals surface area contributed by atoms with Crippen LogP contribution in [-0.4, -0.2) is 27.5 Å². The Morgan fingerprint density at radius 2 is 1.59 bits per heavy atom. The Hall–Kier alpha value is -3.60. The second-order valence-electron chi connectivity index (χ2n) is 6.87. The predicted octanol–water partition coefficient (Wildman–Crippen LogP) is 3.52. The Morgan fingerprint density at radius 3 is 2.19 bits per heavy atom. The van der Waals surface area contributed by atoms with Gasteiger partial charge < -0.3 is 10.1 Å². The molecule has 2 N–H and O–H groups in total. The van der Waals surface area contributed by atoms with Crippen molar-refractivity contribution in [2.24, 2.45) is 0 Å². The molecule has 3 aromatic rings. The zero-order valence-electron chi connectivity index (χ0n) is 17.6. The molecule has 0 aliphatic carbocycles. The molecule has 3 rings (SSSR count). The normalized spacial score (nSPS) is 11.9. The molecular formula is C25H24N2O4S. The van der Waals surface area contributed by atoms with E-state index in [1.807, 2.05) is 61.5 Å². The quantitative estimate of drug-likeness (QED) is 0.491. The van der Waals surface area contributed by atoms with E-state index in [9.17, 15) is 13.2 Å².